The maximum Gasteiger partial charge on any atom is 0.152 e. The van der Waals surface area contributed by atoms with E-state index < -0.39 is 0 Å². The summed E-state index contributed by atoms with van der Waals surface area (Å²) in [4.78, 5) is 1.63. The van der Waals surface area contributed by atoms with Gasteiger partial charge in [-0.3, -0.25) is 15.7 Å². The molecule has 0 heterocycles. The SMILES string of the molecule is CCC=CC(C)(C(C)C)C(CC)C(=N)C(=N)N(C=N)c1c(-c2cccc3ccccc23)cccc1-c1cccc2ccccc12. The molecule has 5 aromatic rings. The van der Waals surface area contributed by atoms with Crippen molar-refractivity contribution in [1.29, 1.82) is 16.2 Å². The Bertz CT molecular complexity index is 1790. The van der Waals surface area contributed by atoms with Crippen LogP contribution >= 0.6 is 0 Å². The van der Waals surface area contributed by atoms with Crippen molar-refractivity contribution in [3.05, 3.63) is 115 Å². The fraction of sp³-hybridized carbons (Fsp3) is 0.244. The summed E-state index contributed by atoms with van der Waals surface area (Å²) in [6, 6.07) is 35.5. The largest absolute Gasteiger partial charge is 0.301 e. The second-order valence-electron chi connectivity index (χ2n) is 12.3. The van der Waals surface area contributed by atoms with Crippen LogP contribution in [0.5, 0.6) is 0 Å². The molecule has 5 rings (SSSR count). The van der Waals surface area contributed by atoms with E-state index in [1.54, 1.807) is 4.90 Å². The van der Waals surface area contributed by atoms with Gasteiger partial charge in [0.2, 0.25) is 0 Å². The van der Waals surface area contributed by atoms with Gasteiger partial charge in [-0.25, -0.2) is 0 Å². The van der Waals surface area contributed by atoms with Crippen LogP contribution in [0.15, 0.2) is 115 Å². The molecule has 0 saturated heterocycles. The number of allylic oxidation sites excluding steroid dienone is 2. The third-order valence-electron chi connectivity index (χ3n) is 9.53. The van der Waals surface area contributed by atoms with Gasteiger partial charge in [-0.2, -0.15) is 0 Å². The summed E-state index contributed by atoms with van der Waals surface area (Å²) in [5.41, 5.74) is 4.57. The van der Waals surface area contributed by atoms with Crippen molar-refractivity contribution in [1.82, 2.24) is 0 Å². The monoisotopic (exact) mass is 592 g/mol. The van der Waals surface area contributed by atoms with Gasteiger partial charge in [0.15, 0.2) is 5.84 Å². The first-order chi connectivity index (χ1) is 21.8. The first-order valence-corrected chi connectivity index (χ1v) is 16.0. The zero-order valence-corrected chi connectivity index (χ0v) is 27.1. The number of nitrogens with zero attached hydrogens (tertiary/aromatic N) is 1. The highest BCUT2D eigenvalue weighted by atomic mass is 15.2. The highest BCUT2D eigenvalue weighted by molar-refractivity contribution is 6.48. The Morgan fingerprint density at radius 2 is 1.18 bits per heavy atom. The second kappa shape index (κ2) is 13.4. The van der Waals surface area contributed by atoms with Crippen LogP contribution in [0.1, 0.15) is 47.5 Å². The molecule has 0 amide bonds. The first kappa shape index (κ1) is 31.6. The molecule has 2 atom stereocenters. The van der Waals surface area contributed by atoms with E-state index in [2.05, 4.69) is 138 Å². The van der Waals surface area contributed by atoms with Gasteiger partial charge >= 0.3 is 0 Å². The summed E-state index contributed by atoms with van der Waals surface area (Å²) in [5, 5.41) is 32.3. The summed E-state index contributed by atoms with van der Waals surface area (Å²) in [7, 11) is 0. The third-order valence-corrected chi connectivity index (χ3v) is 9.53. The summed E-state index contributed by atoms with van der Waals surface area (Å²) in [5.74, 6) is 0.102. The molecular weight excluding hydrogens is 548 g/mol. The van der Waals surface area contributed by atoms with Gasteiger partial charge < -0.3 is 5.41 Å². The molecule has 45 heavy (non-hydrogen) atoms. The fourth-order valence-electron chi connectivity index (χ4n) is 6.73. The van der Waals surface area contributed by atoms with Crippen LogP contribution in [0.4, 0.5) is 5.69 Å². The lowest BCUT2D eigenvalue weighted by Gasteiger charge is -2.40. The number of amidine groups is 1. The Morgan fingerprint density at radius 1 is 0.711 bits per heavy atom. The van der Waals surface area contributed by atoms with Gasteiger partial charge in [0.1, 0.15) is 0 Å². The van der Waals surface area contributed by atoms with E-state index in [4.69, 9.17) is 5.41 Å². The Balaban J connectivity index is 1.77. The molecule has 228 valence electrons. The van der Waals surface area contributed by atoms with E-state index in [-0.39, 0.29) is 28.8 Å². The van der Waals surface area contributed by atoms with Crippen LogP contribution < -0.4 is 4.90 Å². The molecule has 0 aliphatic heterocycles. The van der Waals surface area contributed by atoms with Gasteiger partial charge in [-0.1, -0.05) is 150 Å². The van der Waals surface area contributed by atoms with Crippen LogP contribution in [0.3, 0.4) is 0 Å². The molecule has 0 aromatic heterocycles. The van der Waals surface area contributed by atoms with Gasteiger partial charge in [-0.05, 0) is 56.8 Å². The topological polar surface area (TPSA) is 74.8 Å². The zero-order valence-electron chi connectivity index (χ0n) is 27.1. The van der Waals surface area contributed by atoms with Crippen LogP contribution in [-0.2, 0) is 0 Å². The number of para-hydroxylation sites is 1. The Morgan fingerprint density at radius 3 is 1.64 bits per heavy atom. The molecule has 0 radical (unpaired) electrons. The summed E-state index contributed by atoms with van der Waals surface area (Å²) in [6.07, 6.45) is 7.28. The standard InChI is InChI=1S/C41H44N4/c1-6-8-26-41(5,28(3)4)37(7-2)38(43)40(44)45(27-42)39-35(33-22-13-18-29-16-9-11-20-31(29)33)24-15-25-36(39)34-23-14-19-30-17-10-12-21-32(30)34/h8-28,37,42-44H,6-7H2,1-5H3. The maximum atomic E-state index is 9.59. The maximum absolute atomic E-state index is 9.59. The molecule has 0 saturated carbocycles. The number of hydrogen-bond donors (Lipinski definition) is 3. The molecule has 4 nitrogen and oxygen atoms in total. The lowest BCUT2D eigenvalue weighted by atomic mass is 9.65. The quantitative estimate of drug-likeness (QED) is 0.0796. The molecule has 5 aromatic carbocycles. The van der Waals surface area contributed by atoms with E-state index in [9.17, 15) is 10.8 Å². The minimum absolute atomic E-state index is 0.0304. The lowest BCUT2D eigenvalue weighted by molar-refractivity contribution is 0.224. The summed E-state index contributed by atoms with van der Waals surface area (Å²) in [6.45, 7) is 10.8. The normalized spacial score (nSPS) is 13.6. The average Bonchev–Trinajstić information content (AvgIpc) is 3.07. The van der Waals surface area contributed by atoms with Gasteiger partial charge in [0.25, 0.3) is 0 Å². The zero-order chi connectivity index (χ0) is 32.1. The van der Waals surface area contributed by atoms with Crippen LogP contribution in [0.25, 0.3) is 43.8 Å². The van der Waals surface area contributed by atoms with Gasteiger partial charge in [0.05, 0.1) is 17.7 Å². The van der Waals surface area contributed by atoms with Crippen molar-refractivity contribution in [3.63, 3.8) is 0 Å². The van der Waals surface area contributed by atoms with E-state index in [0.29, 0.717) is 0 Å². The van der Waals surface area contributed by atoms with Crippen molar-refractivity contribution in [2.24, 2.45) is 17.3 Å². The summed E-state index contributed by atoms with van der Waals surface area (Å²) >= 11 is 0. The number of fused-ring (bicyclic) bond motifs is 2. The van der Waals surface area contributed by atoms with E-state index in [0.717, 1.165) is 62.3 Å². The minimum atomic E-state index is -0.310. The Kier molecular flexibility index (Phi) is 9.43. The fourth-order valence-corrected chi connectivity index (χ4v) is 6.73. The molecule has 0 aliphatic rings. The first-order valence-electron chi connectivity index (χ1n) is 16.0. The van der Waals surface area contributed by atoms with Crippen LogP contribution in [0, 0.1) is 33.5 Å². The molecule has 0 spiro atoms. The van der Waals surface area contributed by atoms with E-state index in [1.165, 1.54) is 6.34 Å². The predicted molar refractivity (Wildman–Crippen MR) is 195 cm³/mol. The van der Waals surface area contributed by atoms with Crippen LogP contribution in [0.2, 0.25) is 0 Å². The Hall–Kier alpha value is -4.83. The minimum Gasteiger partial charge on any atom is -0.301 e. The second-order valence-corrected chi connectivity index (χ2v) is 12.3. The van der Waals surface area contributed by atoms with Gasteiger partial charge in [-0.15, -0.1) is 0 Å². The smallest absolute Gasteiger partial charge is 0.152 e. The number of anilines is 1. The van der Waals surface area contributed by atoms with Gasteiger partial charge in [0, 0.05) is 17.0 Å². The van der Waals surface area contributed by atoms with Crippen molar-refractivity contribution in [3.8, 4) is 22.3 Å². The van der Waals surface area contributed by atoms with Crippen molar-refractivity contribution < 1.29 is 0 Å². The predicted octanol–water partition coefficient (Wildman–Crippen LogP) is 11.4. The molecule has 3 N–H and O–H groups in total. The van der Waals surface area contributed by atoms with E-state index in [1.807, 2.05) is 12.1 Å². The molecular formula is C41H44N4. The van der Waals surface area contributed by atoms with Crippen molar-refractivity contribution in [2.45, 2.75) is 47.5 Å². The molecule has 2 unspecified atom stereocenters. The number of rotatable bonds is 11. The lowest BCUT2D eigenvalue weighted by Crippen LogP contribution is -2.44. The molecule has 0 bridgehead atoms. The molecule has 0 aliphatic carbocycles. The average molecular weight is 593 g/mol. The Labute approximate surface area is 268 Å². The highest BCUT2D eigenvalue weighted by Crippen LogP contribution is 2.45. The number of hydrogen-bond acceptors (Lipinski definition) is 3. The van der Waals surface area contributed by atoms with Crippen molar-refractivity contribution >= 4 is 45.1 Å². The number of benzene rings is 5. The van der Waals surface area contributed by atoms with Crippen LogP contribution in [-0.4, -0.2) is 17.9 Å². The summed E-state index contributed by atoms with van der Waals surface area (Å²) < 4.78 is 0. The third kappa shape index (κ3) is 5.85. The van der Waals surface area contributed by atoms with E-state index >= 15 is 0 Å². The highest BCUT2D eigenvalue weighted by Gasteiger charge is 2.39. The van der Waals surface area contributed by atoms with Crippen molar-refractivity contribution in [2.75, 3.05) is 4.90 Å². The number of nitrogens with one attached hydrogen (secondary N) is 3. The molecule has 4 heteroatoms. The molecule has 0 fully saturated rings.